The van der Waals surface area contributed by atoms with Gasteiger partial charge in [-0.25, -0.2) is 9.59 Å². The van der Waals surface area contributed by atoms with Crippen molar-refractivity contribution in [3.05, 3.63) is 62.5 Å². The maximum Gasteiger partial charge on any atom is 0.337 e. The van der Waals surface area contributed by atoms with Gasteiger partial charge in [-0.3, -0.25) is 4.57 Å². The van der Waals surface area contributed by atoms with Crippen molar-refractivity contribution in [2.45, 2.75) is 6.92 Å². The smallest absolute Gasteiger partial charge is 0.337 e. The van der Waals surface area contributed by atoms with Crippen LogP contribution in [0.4, 0.5) is 0 Å². The quantitative estimate of drug-likeness (QED) is 0.748. The molecule has 1 aromatic heterocycles. The molecule has 0 saturated carbocycles. The molecule has 1 heterocycles. The summed E-state index contributed by atoms with van der Waals surface area (Å²) in [6.45, 7) is 1.91. The second-order valence-electron chi connectivity index (χ2n) is 4.73. The number of H-pyrrole nitrogens is 1. The zero-order chi connectivity index (χ0) is 15.1. The van der Waals surface area contributed by atoms with E-state index in [1.165, 1.54) is 10.6 Å². The molecule has 2 aromatic carbocycles. The minimum absolute atomic E-state index is 0.0826. The molecule has 0 amide bonds. The van der Waals surface area contributed by atoms with Crippen LogP contribution in [0.1, 0.15) is 15.9 Å². The van der Waals surface area contributed by atoms with Crippen LogP contribution < -0.4 is 5.69 Å². The number of carboxylic acids is 1. The molecule has 0 atom stereocenters. The first-order valence-electron chi connectivity index (χ1n) is 6.22. The van der Waals surface area contributed by atoms with E-state index in [9.17, 15) is 14.7 Å². The number of para-hydroxylation sites is 1. The van der Waals surface area contributed by atoms with Gasteiger partial charge >= 0.3 is 11.7 Å². The number of hydrogen-bond acceptors (Lipinski definition) is 2. The number of halogens is 1. The molecule has 6 heteroatoms. The number of hydrogen-bond donors (Lipinski definition) is 2. The predicted octanol–water partition coefficient (Wildman–Crippen LogP) is 3.09. The molecule has 3 aromatic rings. The zero-order valence-electron chi connectivity index (χ0n) is 11.1. The van der Waals surface area contributed by atoms with Gasteiger partial charge in [-0.05, 0) is 52.7 Å². The lowest BCUT2D eigenvalue weighted by atomic mass is 10.1. The highest BCUT2D eigenvalue weighted by molar-refractivity contribution is 9.10. The van der Waals surface area contributed by atoms with Gasteiger partial charge in [0.1, 0.15) is 0 Å². The average molecular weight is 347 g/mol. The number of imidazole rings is 1. The number of aryl methyl sites for hydroxylation is 1. The van der Waals surface area contributed by atoms with Crippen LogP contribution in [0.2, 0.25) is 0 Å². The highest BCUT2D eigenvalue weighted by Gasteiger charge is 2.17. The van der Waals surface area contributed by atoms with E-state index in [4.69, 9.17) is 0 Å². The monoisotopic (exact) mass is 346 g/mol. The lowest BCUT2D eigenvalue weighted by Crippen LogP contribution is -2.16. The van der Waals surface area contributed by atoms with Gasteiger partial charge in [0.15, 0.2) is 0 Å². The number of rotatable bonds is 2. The summed E-state index contributed by atoms with van der Waals surface area (Å²) in [4.78, 5) is 26.4. The standard InChI is InChI=1S/C15H11BrN2O3/c1-8-5-6-10(16)12(7-8)18-13-9(14(19)20)3-2-4-11(13)17-15(18)21/h2-7H,1H3,(H,17,21)(H,19,20). The van der Waals surface area contributed by atoms with Crippen LogP contribution in [0.25, 0.3) is 16.7 Å². The molecule has 21 heavy (non-hydrogen) atoms. The Bertz CT molecular complexity index is 924. The van der Waals surface area contributed by atoms with Gasteiger partial charge in [0.2, 0.25) is 0 Å². The first-order valence-corrected chi connectivity index (χ1v) is 7.02. The maximum atomic E-state index is 12.3. The highest BCUT2D eigenvalue weighted by Crippen LogP contribution is 2.26. The third kappa shape index (κ3) is 2.17. The number of aromatic amines is 1. The van der Waals surface area contributed by atoms with Crippen molar-refractivity contribution in [1.82, 2.24) is 9.55 Å². The molecule has 5 nitrogen and oxygen atoms in total. The van der Waals surface area contributed by atoms with E-state index in [1.54, 1.807) is 12.1 Å². The van der Waals surface area contributed by atoms with Crippen LogP contribution in [0.15, 0.2) is 45.7 Å². The van der Waals surface area contributed by atoms with Crippen LogP contribution in [0.3, 0.4) is 0 Å². The van der Waals surface area contributed by atoms with Gasteiger partial charge in [-0.1, -0.05) is 12.1 Å². The molecule has 0 aliphatic carbocycles. The number of fused-ring (bicyclic) bond motifs is 1. The molecule has 0 fully saturated rings. The summed E-state index contributed by atoms with van der Waals surface area (Å²) in [6.07, 6.45) is 0. The van der Waals surface area contributed by atoms with E-state index >= 15 is 0 Å². The summed E-state index contributed by atoms with van der Waals surface area (Å²) >= 11 is 3.41. The minimum Gasteiger partial charge on any atom is -0.478 e. The van der Waals surface area contributed by atoms with Gasteiger partial charge in [-0.15, -0.1) is 0 Å². The summed E-state index contributed by atoms with van der Waals surface area (Å²) < 4.78 is 2.10. The molecule has 2 N–H and O–H groups in total. The third-order valence-corrected chi connectivity index (χ3v) is 3.95. The predicted molar refractivity (Wildman–Crippen MR) is 83.3 cm³/mol. The van der Waals surface area contributed by atoms with Crippen LogP contribution in [0.5, 0.6) is 0 Å². The maximum absolute atomic E-state index is 12.3. The van der Waals surface area contributed by atoms with Crippen molar-refractivity contribution in [2.24, 2.45) is 0 Å². The largest absolute Gasteiger partial charge is 0.478 e. The number of nitrogens with one attached hydrogen (secondary N) is 1. The molecule has 0 radical (unpaired) electrons. The summed E-state index contributed by atoms with van der Waals surface area (Å²) in [6, 6.07) is 10.3. The number of benzene rings is 2. The van der Waals surface area contributed by atoms with Crippen LogP contribution in [-0.2, 0) is 0 Å². The Morgan fingerprint density at radius 3 is 2.76 bits per heavy atom. The Balaban J connectivity index is 2.48. The van der Waals surface area contributed by atoms with Crippen molar-refractivity contribution in [1.29, 1.82) is 0 Å². The second-order valence-corrected chi connectivity index (χ2v) is 5.58. The fraction of sp³-hybridized carbons (Fsp3) is 0.0667. The van der Waals surface area contributed by atoms with Gasteiger partial charge in [0, 0.05) is 4.47 Å². The Hall–Kier alpha value is -2.34. The number of aromatic nitrogens is 2. The number of carboxylic acid groups (broad SMARTS) is 1. The topological polar surface area (TPSA) is 75.1 Å². The zero-order valence-corrected chi connectivity index (χ0v) is 12.6. The number of aromatic carboxylic acids is 1. The molecule has 0 spiro atoms. The third-order valence-electron chi connectivity index (χ3n) is 3.28. The average Bonchev–Trinajstić information content (AvgIpc) is 2.77. The molecular formula is C15H11BrN2O3. The van der Waals surface area contributed by atoms with Crippen LogP contribution >= 0.6 is 15.9 Å². The Labute approximate surface area is 128 Å². The second kappa shape index (κ2) is 4.89. The fourth-order valence-electron chi connectivity index (χ4n) is 2.35. The Morgan fingerprint density at radius 2 is 2.05 bits per heavy atom. The molecule has 0 bridgehead atoms. The first kappa shape index (κ1) is 13.6. The number of nitrogens with zero attached hydrogens (tertiary/aromatic N) is 1. The molecular weight excluding hydrogens is 336 g/mol. The van der Waals surface area contributed by atoms with E-state index in [2.05, 4.69) is 20.9 Å². The molecule has 0 aliphatic rings. The molecule has 0 aliphatic heterocycles. The summed E-state index contributed by atoms with van der Waals surface area (Å²) in [5.74, 6) is -1.07. The molecule has 0 saturated heterocycles. The Kier molecular flexibility index (Phi) is 3.17. The van der Waals surface area contributed by atoms with E-state index in [0.717, 1.165) is 10.0 Å². The first-order chi connectivity index (χ1) is 9.99. The van der Waals surface area contributed by atoms with Crippen molar-refractivity contribution < 1.29 is 9.90 Å². The summed E-state index contributed by atoms with van der Waals surface area (Å²) in [7, 11) is 0. The van der Waals surface area contributed by atoms with E-state index < -0.39 is 5.97 Å². The molecule has 106 valence electrons. The van der Waals surface area contributed by atoms with E-state index in [-0.39, 0.29) is 11.3 Å². The van der Waals surface area contributed by atoms with Crippen molar-refractivity contribution in [3.63, 3.8) is 0 Å². The van der Waals surface area contributed by atoms with Gasteiger partial charge in [-0.2, -0.15) is 0 Å². The minimum atomic E-state index is -1.07. The van der Waals surface area contributed by atoms with Crippen LogP contribution in [-0.4, -0.2) is 20.6 Å². The summed E-state index contributed by atoms with van der Waals surface area (Å²) in [5, 5.41) is 9.35. The van der Waals surface area contributed by atoms with Crippen molar-refractivity contribution in [3.8, 4) is 5.69 Å². The fourth-order valence-corrected chi connectivity index (χ4v) is 2.78. The summed E-state index contributed by atoms with van der Waals surface area (Å²) in [5.41, 5.74) is 2.15. The van der Waals surface area contributed by atoms with E-state index in [1.807, 2.05) is 25.1 Å². The number of carbonyl (C=O) groups is 1. The SMILES string of the molecule is Cc1ccc(Br)c(-n2c(=O)[nH]c3cccc(C(=O)O)c32)c1. The normalized spacial score (nSPS) is 11.0. The Morgan fingerprint density at radius 1 is 1.29 bits per heavy atom. The van der Waals surface area contributed by atoms with E-state index in [0.29, 0.717) is 16.7 Å². The molecule has 3 rings (SSSR count). The lowest BCUT2D eigenvalue weighted by Gasteiger charge is -2.09. The van der Waals surface area contributed by atoms with Crippen LogP contribution in [0, 0.1) is 6.92 Å². The highest BCUT2D eigenvalue weighted by atomic mass is 79.9. The van der Waals surface area contributed by atoms with Crippen molar-refractivity contribution in [2.75, 3.05) is 0 Å². The van der Waals surface area contributed by atoms with Crippen molar-refractivity contribution >= 4 is 32.9 Å². The lowest BCUT2D eigenvalue weighted by molar-refractivity contribution is 0.0698. The van der Waals surface area contributed by atoms with Gasteiger partial charge in [0.05, 0.1) is 22.3 Å². The van der Waals surface area contributed by atoms with Gasteiger partial charge in [0.25, 0.3) is 0 Å². The molecule has 0 unspecified atom stereocenters. The van der Waals surface area contributed by atoms with Gasteiger partial charge < -0.3 is 10.1 Å².